The van der Waals surface area contributed by atoms with Crippen LogP contribution in [0.1, 0.15) is 52.5 Å². The highest BCUT2D eigenvalue weighted by atomic mass is 32.2. The zero-order valence-electron chi connectivity index (χ0n) is 20.5. The number of thioether (sulfide) groups is 1. The van der Waals surface area contributed by atoms with Gasteiger partial charge in [0, 0.05) is 37.1 Å². The van der Waals surface area contributed by atoms with Crippen LogP contribution < -0.4 is 10.2 Å². The van der Waals surface area contributed by atoms with Crippen LogP contribution in [0.2, 0.25) is 0 Å². The fourth-order valence-electron chi connectivity index (χ4n) is 3.79. The summed E-state index contributed by atoms with van der Waals surface area (Å²) in [6.45, 7) is 12.5. The van der Waals surface area contributed by atoms with Crippen molar-refractivity contribution in [3.63, 3.8) is 0 Å². The number of nitrogens with one attached hydrogen (secondary N) is 1. The van der Waals surface area contributed by atoms with Crippen LogP contribution in [0.5, 0.6) is 0 Å². The first-order valence-corrected chi connectivity index (χ1v) is 12.6. The van der Waals surface area contributed by atoms with Gasteiger partial charge in [0.25, 0.3) is 0 Å². The van der Waals surface area contributed by atoms with Gasteiger partial charge in [-0.1, -0.05) is 43.8 Å². The van der Waals surface area contributed by atoms with Gasteiger partial charge in [0.1, 0.15) is 0 Å². The van der Waals surface area contributed by atoms with Crippen LogP contribution in [0.3, 0.4) is 0 Å². The Morgan fingerprint density at radius 2 is 1.70 bits per heavy atom. The molecule has 7 heteroatoms. The van der Waals surface area contributed by atoms with Crippen molar-refractivity contribution in [3.05, 3.63) is 54.1 Å². The lowest BCUT2D eigenvalue weighted by atomic mass is 9.97. The average molecular weight is 466 g/mol. The Kier molecular flexibility index (Phi) is 8.55. The number of nitrogens with zero attached hydrogens (tertiary/aromatic N) is 4. The Balaban J connectivity index is 1.71. The van der Waals surface area contributed by atoms with E-state index in [-0.39, 0.29) is 11.2 Å². The van der Waals surface area contributed by atoms with Crippen molar-refractivity contribution in [2.24, 2.45) is 7.05 Å². The molecule has 0 saturated carbocycles. The first kappa shape index (κ1) is 24.8. The molecule has 1 heterocycles. The third-order valence-corrected chi connectivity index (χ3v) is 7.24. The van der Waals surface area contributed by atoms with Crippen molar-refractivity contribution in [1.29, 1.82) is 0 Å². The number of carbonyl (C=O) groups is 1. The summed E-state index contributed by atoms with van der Waals surface area (Å²) in [6.07, 6.45) is 1.02. The van der Waals surface area contributed by atoms with Gasteiger partial charge in [-0.3, -0.25) is 4.79 Å². The Bertz CT molecular complexity index is 1060. The normalized spacial score (nSPS) is 12.9. The summed E-state index contributed by atoms with van der Waals surface area (Å²) in [5.41, 5.74) is 4.26. The van der Waals surface area contributed by atoms with Crippen molar-refractivity contribution in [3.8, 4) is 11.4 Å². The van der Waals surface area contributed by atoms with Gasteiger partial charge in [0.05, 0.1) is 5.25 Å². The molecule has 0 aliphatic rings. The first-order valence-electron chi connectivity index (χ1n) is 11.7. The molecule has 0 bridgehead atoms. The summed E-state index contributed by atoms with van der Waals surface area (Å²) in [5, 5.41) is 12.3. The molecule has 176 valence electrons. The van der Waals surface area contributed by atoms with Crippen LogP contribution in [0.15, 0.2) is 53.7 Å². The average Bonchev–Trinajstić information content (AvgIpc) is 3.20. The summed E-state index contributed by atoms with van der Waals surface area (Å²) < 4.78 is 1.95. The van der Waals surface area contributed by atoms with Gasteiger partial charge in [-0.25, -0.2) is 0 Å². The maximum absolute atomic E-state index is 12.9. The minimum atomic E-state index is -0.309. The molecule has 2 unspecified atom stereocenters. The van der Waals surface area contributed by atoms with E-state index in [1.165, 1.54) is 23.0 Å². The third-order valence-electron chi connectivity index (χ3n) is 6.10. The van der Waals surface area contributed by atoms with Gasteiger partial charge >= 0.3 is 0 Å². The molecule has 1 N–H and O–H groups in total. The van der Waals surface area contributed by atoms with E-state index < -0.39 is 0 Å². The van der Waals surface area contributed by atoms with Crippen LogP contribution in [0.4, 0.5) is 11.4 Å². The quantitative estimate of drug-likeness (QED) is 0.374. The number of aromatic nitrogens is 3. The third kappa shape index (κ3) is 5.77. The van der Waals surface area contributed by atoms with E-state index in [2.05, 4.69) is 78.4 Å². The Hall–Kier alpha value is -2.80. The van der Waals surface area contributed by atoms with Crippen LogP contribution in [-0.2, 0) is 11.8 Å². The van der Waals surface area contributed by atoms with Crippen LogP contribution in [0, 0.1) is 0 Å². The Morgan fingerprint density at radius 1 is 1.03 bits per heavy atom. The van der Waals surface area contributed by atoms with Gasteiger partial charge in [0.2, 0.25) is 5.91 Å². The van der Waals surface area contributed by atoms with Crippen molar-refractivity contribution < 1.29 is 4.79 Å². The molecule has 33 heavy (non-hydrogen) atoms. The summed E-state index contributed by atoms with van der Waals surface area (Å²) in [7, 11) is 1.94. The largest absolute Gasteiger partial charge is 0.372 e. The maximum Gasteiger partial charge on any atom is 0.237 e. The molecular weight excluding hydrogens is 430 g/mol. The van der Waals surface area contributed by atoms with Crippen molar-refractivity contribution >= 4 is 29.0 Å². The Morgan fingerprint density at radius 3 is 2.33 bits per heavy atom. The SMILES string of the molecule is CCC(C)c1ccccc1NC(=O)C(C)Sc1nnc(-c2ccc(N(CC)CC)cc2)n1C. The molecule has 0 spiro atoms. The second-order valence-corrected chi connectivity index (χ2v) is 9.54. The lowest BCUT2D eigenvalue weighted by Gasteiger charge is -2.21. The van der Waals surface area contributed by atoms with E-state index >= 15 is 0 Å². The fourth-order valence-corrected chi connectivity index (χ4v) is 4.60. The summed E-state index contributed by atoms with van der Waals surface area (Å²) in [5.74, 6) is 1.14. The molecule has 3 aromatic rings. The highest BCUT2D eigenvalue weighted by molar-refractivity contribution is 8.00. The molecule has 1 aromatic heterocycles. The maximum atomic E-state index is 12.9. The van der Waals surface area contributed by atoms with E-state index in [0.717, 1.165) is 41.7 Å². The standard InChI is InChI=1S/C26H35N5OS/c1-7-18(4)22-12-10-11-13-23(22)27-25(32)19(5)33-26-29-28-24(30(26)6)20-14-16-21(17-15-20)31(8-2)9-3/h10-19H,7-9H2,1-6H3,(H,27,32). The molecule has 0 aliphatic carbocycles. The topological polar surface area (TPSA) is 63.1 Å². The van der Waals surface area contributed by atoms with E-state index in [9.17, 15) is 4.79 Å². The molecule has 0 aliphatic heterocycles. The summed E-state index contributed by atoms with van der Waals surface area (Å²) in [4.78, 5) is 15.2. The van der Waals surface area contributed by atoms with Gasteiger partial charge in [0.15, 0.2) is 11.0 Å². The number of carbonyl (C=O) groups excluding carboxylic acids is 1. The molecule has 2 aromatic carbocycles. The molecule has 2 atom stereocenters. The number of rotatable bonds is 10. The molecule has 3 rings (SSSR count). The zero-order valence-corrected chi connectivity index (χ0v) is 21.3. The van der Waals surface area contributed by atoms with Crippen LogP contribution in [0.25, 0.3) is 11.4 Å². The number of benzene rings is 2. The van der Waals surface area contributed by atoms with E-state index in [1.54, 1.807) is 0 Å². The molecule has 0 radical (unpaired) electrons. The van der Waals surface area contributed by atoms with E-state index in [4.69, 9.17) is 0 Å². The molecule has 6 nitrogen and oxygen atoms in total. The number of hydrogen-bond acceptors (Lipinski definition) is 5. The highest BCUT2D eigenvalue weighted by Crippen LogP contribution is 2.30. The molecular formula is C26H35N5OS. The predicted molar refractivity (Wildman–Crippen MR) is 139 cm³/mol. The number of para-hydroxylation sites is 1. The lowest BCUT2D eigenvalue weighted by molar-refractivity contribution is -0.115. The van der Waals surface area contributed by atoms with Gasteiger partial charge in [-0.2, -0.15) is 0 Å². The second-order valence-electron chi connectivity index (χ2n) is 8.23. The number of amides is 1. The smallest absolute Gasteiger partial charge is 0.237 e. The highest BCUT2D eigenvalue weighted by Gasteiger charge is 2.21. The number of hydrogen-bond donors (Lipinski definition) is 1. The first-order chi connectivity index (χ1) is 15.9. The zero-order chi connectivity index (χ0) is 24.0. The van der Waals surface area contributed by atoms with Crippen molar-refractivity contribution in [2.45, 2.75) is 57.4 Å². The minimum Gasteiger partial charge on any atom is -0.372 e. The van der Waals surface area contributed by atoms with Crippen molar-refractivity contribution in [2.75, 3.05) is 23.3 Å². The van der Waals surface area contributed by atoms with E-state index in [1.807, 2.05) is 36.7 Å². The monoisotopic (exact) mass is 465 g/mol. The van der Waals surface area contributed by atoms with Gasteiger partial charge in [-0.05, 0) is 69.0 Å². The van der Waals surface area contributed by atoms with Crippen molar-refractivity contribution in [1.82, 2.24) is 14.8 Å². The fraction of sp³-hybridized carbons (Fsp3) is 0.423. The number of anilines is 2. The molecule has 0 fully saturated rings. The summed E-state index contributed by atoms with van der Waals surface area (Å²) in [6, 6.07) is 16.4. The predicted octanol–water partition coefficient (Wildman–Crippen LogP) is 5.96. The van der Waals surface area contributed by atoms with Gasteiger partial charge in [-0.15, -0.1) is 10.2 Å². The molecule has 0 saturated heterocycles. The van der Waals surface area contributed by atoms with Crippen LogP contribution >= 0.6 is 11.8 Å². The lowest BCUT2D eigenvalue weighted by Crippen LogP contribution is -2.23. The van der Waals surface area contributed by atoms with Gasteiger partial charge < -0.3 is 14.8 Å². The van der Waals surface area contributed by atoms with E-state index in [0.29, 0.717) is 5.92 Å². The Labute approximate surface area is 201 Å². The molecule has 1 amide bonds. The summed E-state index contributed by atoms with van der Waals surface area (Å²) >= 11 is 1.42. The second kappa shape index (κ2) is 11.4. The minimum absolute atomic E-state index is 0.0381. The van der Waals surface area contributed by atoms with Crippen LogP contribution in [-0.4, -0.2) is 39.0 Å².